The molecular weight excluding hydrogens is 381 g/mol. The Morgan fingerprint density at radius 3 is 2.67 bits per heavy atom. The second kappa shape index (κ2) is 8.09. The normalized spacial score (nSPS) is 16.3. The molecule has 1 aliphatic heterocycles. The second-order valence-electron chi connectivity index (χ2n) is 7.60. The van der Waals surface area contributed by atoms with Gasteiger partial charge in [0.05, 0.1) is 23.0 Å². The van der Waals surface area contributed by atoms with Crippen molar-refractivity contribution in [3.8, 4) is 23.0 Å². The molecule has 0 spiro atoms. The zero-order chi connectivity index (χ0) is 21.3. The van der Waals surface area contributed by atoms with E-state index in [4.69, 9.17) is 11.0 Å². The van der Waals surface area contributed by atoms with Crippen molar-refractivity contribution >= 4 is 5.91 Å². The van der Waals surface area contributed by atoms with Crippen LogP contribution in [0.4, 0.5) is 4.39 Å². The second-order valence-corrected chi connectivity index (χ2v) is 7.60. The summed E-state index contributed by atoms with van der Waals surface area (Å²) in [7, 11) is 0. The number of benzene rings is 2. The highest BCUT2D eigenvalue weighted by Crippen LogP contribution is 2.26. The van der Waals surface area contributed by atoms with Crippen LogP contribution in [-0.2, 0) is 0 Å². The smallest absolute Gasteiger partial charge is 0.274 e. The summed E-state index contributed by atoms with van der Waals surface area (Å²) < 4.78 is 15.8. The molecule has 1 amide bonds. The Morgan fingerprint density at radius 1 is 1.23 bits per heavy atom. The largest absolute Gasteiger partial charge is 0.336 e. The van der Waals surface area contributed by atoms with Crippen LogP contribution in [0.25, 0.3) is 16.9 Å². The Hall–Kier alpha value is -3.50. The number of carbonyl (C=O) groups excluding carboxylic acids is 1. The lowest BCUT2D eigenvalue weighted by Gasteiger charge is -2.30. The number of rotatable bonds is 3. The molecular formula is C23H22FN5O. The molecule has 7 heteroatoms. The third-order valence-electron chi connectivity index (χ3n) is 5.38. The molecule has 2 heterocycles. The van der Waals surface area contributed by atoms with E-state index >= 15 is 0 Å². The van der Waals surface area contributed by atoms with Gasteiger partial charge in [0.1, 0.15) is 5.82 Å². The van der Waals surface area contributed by atoms with Crippen molar-refractivity contribution in [1.29, 1.82) is 5.26 Å². The molecule has 2 aromatic carbocycles. The lowest BCUT2D eigenvalue weighted by molar-refractivity contribution is 0.0702. The van der Waals surface area contributed by atoms with E-state index in [-0.39, 0.29) is 23.5 Å². The Labute approximate surface area is 174 Å². The van der Waals surface area contributed by atoms with E-state index in [1.807, 2.05) is 0 Å². The van der Waals surface area contributed by atoms with Gasteiger partial charge in [-0.25, -0.2) is 9.07 Å². The Kier molecular flexibility index (Phi) is 5.34. The lowest BCUT2D eigenvalue weighted by atomic mass is 10.1. The number of carbonyl (C=O) groups is 1. The van der Waals surface area contributed by atoms with Gasteiger partial charge in [0, 0.05) is 24.7 Å². The topological polar surface area (TPSA) is 87.9 Å². The molecule has 3 aromatic rings. The predicted molar refractivity (Wildman–Crippen MR) is 112 cm³/mol. The summed E-state index contributed by atoms with van der Waals surface area (Å²) in [5.74, 6) is -0.532. The molecule has 1 fully saturated rings. The molecule has 4 rings (SSSR count). The van der Waals surface area contributed by atoms with Gasteiger partial charge in [-0.3, -0.25) is 4.79 Å². The monoisotopic (exact) mass is 403 g/mol. The van der Waals surface area contributed by atoms with Crippen LogP contribution < -0.4 is 5.73 Å². The van der Waals surface area contributed by atoms with Gasteiger partial charge in [-0.2, -0.15) is 10.4 Å². The van der Waals surface area contributed by atoms with E-state index in [0.29, 0.717) is 35.6 Å². The average Bonchev–Trinajstić information content (AvgIpc) is 3.20. The van der Waals surface area contributed by atoms with Crippen LogP contribution in [0.3, 0.4) is 0 Å². The number of likely N-dealkylation sites (tertiary alicyclic amines) is 1. The minimum absolute atomic E-state index is 0.0334. The number of hydrogen-bond acceptors (Lipinski definition) is 4. The summed E-state index contributed by atoms with van der Waals surface area (Å²) in [5.41, 5.74) is 9.32. The molecule has 1 saturated heterocycles. The molecule has 0 aliphatic carbocycles. The zero-order valence-corrected chi connectivity index (χ0v) is 16.7. The number of nitrogens with zero attached hydrogens (tertiary/aromatic N) is 4. The van der Waals surface area contributed by atoms with E-state index < -0.39 is 0 Å². The van der Waals surface area contributed by atoms with Crippen LogP contribution in [0.15, 0.2) is 48.5 Å². The Bertz CT molecular complexity index is 1130. The van der Waals surface area contributed by atoms with E-state index in [0.717, 1.165) is 18.4 Å². The van der Waals surface area contributed by atoms with Crippen molar-refractivity contribution in [2.75, 3.05) is 13.1 Å². The number of nitrogens with two attached hydrogens (primary N) is 1. The standard InChI is InChI=1S/C23H22FN5O/c1-15-4-9-19(11-20(15)24)29-22(17-7-5-16(13-25)6-8-17)12-21(27-29)23(30)28-10-2-3-18(26)14-28/h4-9,11-12,18H,2-3,10,14,26H2,1H3/t18-/m1/s1. The summed E-state index contributed by atoms with van der Waals surface area (Å²) in [6.45, 7) is 2.83. The first-order chi connectivity index (χ1) is 14.5. The van der Waals surface area contributed by atoms with E-state index in [1.54, 1.807) is 59.0 Å². The van der Waals surface area contributed by atoms with E-state index in [1.165, 1.54) is 6.07 Å². The molecule has 152 valence electrons. The molecule has 1 aromatic heterocycles. The highest BCUT2D eigenvalue weighted by atomic mass is 19.1. The van der Waals surface area contributed by atoms with Gasteiger partial charge < -0.3 is 10.6 Å². The molecule has 1 aliphatic rings. The van der Waals surface area contributed by atoms with E-state index in [9.17, 15) is 9.18 Å². The van der Waals surface area contributed by atoms with Crippen molar-refractivity contribution in [2.45, 2.75) is 25.8 Å². The Morgan fingerprint density at radius 2 is 2.00 bits per heavy atom. The maximum atomic E-state index is 14.2. The molecule has 6 nitrogen and oxygen atoms in total. The van der Waals surface area contributed by atoms with Gasteiger partial charge in [0.2, 0.25) is 0 Å². The maximum Gasteiger partial charge on any atom is 0.274 e. The number of aryl methyl sites for hydroxylation is 1. The average molecular weight is 403 g/mol. The predicted octanol–water partition coefficient (Wildman–Crippen LogP) is 3.42. The van der Waals surface area contributed by atoms with Crippen LogP contribution in [0.5, 0.6) is 0 Å². The van der Waals surface area contributed by atoms with Gasteiger partial charge in [0.25, 0.3) is 5.91 Å². The third-order valence-corrected chi connectivity index (χ3v) is 5.38. The van der Waals surface area contributed by atoms with Crippen molar-refractivity contribution in [3.05, 3.63) is 71.2 Å². The number of halogens is 1. The Balaban J connectivity index is 1.79. The molecule has 0 saturated carbocycles. The van der Waals surface area contributed by atoms with E-state index in [2.05, 4.69) is 11.2 Å². The summed E-state index contributed by atoms with van der Waals surface area (Å²) in [4.78, 5) is 14.8. The van der Waals surface area contributed by atoms with Crippen molar-refractivity contribution in [1.82, 2.24) is 14.7 Å². The fourth-order valence-corrected chi connectivity index (χ4v) is 3.67. The highest BCUT2D eigenvalue weighted by molar-refractivity contribution is 5.93. The highest BCUT2D eigenvalue weighted by Gasteiger charge is 2.25. The maximum absolute atomic E-state index is 14.2. The van der Waals surface area contributed by atoms with Gasteiger partial charge in [-0.15, -0.1) is 0 Å². The number of amides is 1. The fraction of sp³-hybridized carbons (Fsp3) is 0.261. The van der Waals surface area contributed by atoms with Crippen molar-refractivity contribution < 1.29 is 9.18 Å². The van der Waals surface area contributed by atoms with Crippen molar-refractivity contribution in [3.63, 3.8) is 0 Å². The van der Waals surface area contributed by atoms with Crippen LogP contribution in [0.1, 0.15) is 34.5 Å². The summed E-state index contributed by atoms with van der Waals surface area (Å²) in [6, 6.07) is 15.6. The number of aromatic nitrogens is 2. The fourth-order valence-electron chi connectivity index (χ4n) is 3.67. The third kappa shape index (κ3) is 3.82. The molecule has 30 heavy (non-hydrogen) atoms. The van der Waals surface area contributed by atoms with Gasteiger partial charge in [-0.1, -0.05) is 18.2 Å². The first kappa shape index (κ1) is 19.8. The lowest BCUT2D eigenvalue weighted by Crippen LogP contribution is -2.45. The quantitative estimate of drug-likeness (QED) is 0.726. The molecule has 2 N–H and O–H groups in total. The summed E-state index contributed by atoms with van der Waals surface area (Å²) >= 11 is 0. The number of nitriles is 1. The van der Waals surface area contributed by atoms with Crippen LogP contribution in [-0.4, -0.2) is 39.7 Å². The first-order valence-corrected chi connectivity index (χ1v) is 9.88. The number of piperidine rings is 1. The minimum atomic E-state index is -0.344. The molecule has 0 radical (unpaired) electrons. The molecule has 0 unspecified atom stereocenters. The summed E-state index contributed by atoms with van der Waals surface area (Å²) in [6.07, 6.45) is 1.76. The first-order valence-electron chi connectivity index (χ1n) is 9.88. The van der Waals surface area contributed by atoms with Gasteiger partial charge >= 0.3 is 0 Å². The van der Waals surface area contributed by atoms with Gasteiger partial charge in [0.15, 0.2) is 5.69 Å². The number of hydrogen-bond donors (Lipinski definition) is 1. The molecule has 0 bridgehead atoms. The van der Waals surface area contributed by atoms with Crippen LogP contribution >= 0.6 is 0 Å². The zero-order valence-electron chi connectivity index (χ0n) is 16.7. The van der Waals surface area contributed by atoms with Crippen LogP contribution in [0.2, 0.25) is 0 Å². The minimum Gasteiger partial charge on any atom is -0.336 e. The SMILES string of the molecule is Cc1ccc(-n2nc(C(=O)N3CCC[C@@H](N)C3)cc2-c2ccc(C#N)cc2)cc1F. The van der Waals surface area contributed by atoms with Crippen molar-refractivity contribution in [2.24, 2.45) is 5.73 Å². The molecule has 1 atom stereocenters. The van der Waals surface area contributed by atoms with Gasteiger partial charge in [-0.05, 0) is 55.7 Å². The summed E-state index contributed by atoms with van der Waals surface area (Å²) in [5, 5.41) is 13.6. The van der Waals surface area contributed by atoms with Crippen LogP contribution in [0, 0.1) is 24.1 Å².